The van der Waals surface area contributed by atoms with Crippen LogP contribution in [0.2, 0.25) is 0 Å². The molecule has 160 valence electrons. The number of nitrogens with two attached hydrogens (primary N) is 1. The fourth-order valence-electron chi connectivity index (χ4n) is 6.40. The van der Waals surface area contributed by atoms with Crippen LogP contribution in [0.25, 0.3) is 0 Å². The van der Waals surface area contributed by atoms with Crippen LogP contribution in [0.3, 0.4) is 0 Å². The van der Waals surface area contributed by atoms with Gasteiger partial charge in [0, 0.05) is 31.9 Å². The smallest absolute Gasteiger partial charge is 0.315 e. The van der Waals surface area contributed by atoms with Crippen molar-refractivity contribution in [1.29, 1.82) is 0 Å². The molecule has 6 atom stereocenters. The summed E-state index contributed by atoms with van der Waals surface area (Å²) in [7, 11) is 4.12. The Balaban J connectivity index is 1.48. The summed E-state index contributed by atoms with van der Waals surface area (Å²) < 4.78 is 0. The third-order valence-electron chi connectivity index (χ3n) is 7.88. The van der Waals surface area contributed by atoms with Crippen molar-refractivity contribution in [1.82, 2.24) is 4.90 Å². The van der Waals surface area contributed by atoms with E-state index < -0.39 is 0 Å². The lowest BCUT2D eigenvalue weighted by Gasteiger charge is -2.48. The number of carbonyl (C=O) groups excluding carboxylic acids is 1. The molecule has 0 bridgehead atoms. The summed E-state index contributed by atoms with van der Waals surface area (Å²) >= 11 is 0. The Morgan fingerprint density at radius 2 is 1.76 bits per heavy atom. The van der Waals surface area contributed by atoms with Crippen LogP contribution in [0, 0.1) is 11.8 Å². The van der Waals surface area contributed by atoms with Crippen molar-refractivity contribution in [2.45, 2.75) is 81.9 Å². The molecule has 3 fully saturated rings. The molecule has 29 heavy (non-hydrogen) atoms. The highest BCUT2D eigenvalue weighted by atomic mass is 16.3. The third kappa shape index (κ3) is 4.25. The van der Waals surface area contributed by atoms with Crippen molar-refractivity contribution >= 4 is 11.7 Å². The Hall–Kier alpha value is -1.75. The molecular formula is C24H37N3O2. The van der Waals surface area contributed by atoms with E-state index in [2.05, 4.69) is 43.3 Å². The van der Waals surface area contributed by atoms with Gasteiger partial charge in [0.25, 0.3) is 0 Å². The molecular weight excluding hydrogens is 362 g/mol. The number of nitrogens with zero attached hydrogens (tertiary/aromatic N) is 2. The lowest BCUT2D eigenvalue weighted by atomic mass is 9.67. The lowest BCUT2D eigenvalue weighted by molar-refractivity contribution is -0.00553. The molecule has 0 saturated heterocycles. The van der Waals surface area contributed by atoms with Crippen molar-refractivity contribution in [3.63, 3.8) is 0 Å². The predicted octanol–water partition coefficient (Wildman–Crippen LogP) is 4.10. The third-order valence-corrected chi connectivity index (χ3v) is 7.88. The number of fused-ring (bicyclic) bond motifs is 1. The standard InChI is InChI=1S/C24H37N3O2/c1-26(2)19-10-6-16(7-11-19)18-8-12-20(14-18)27(24(25)29)23-5-3-4-17-9-13-21(28)15-22(17)23/h6-7,10-11,17-18,20-23,28H,3-5,8-9,12-15H2,1-2H3,(H2,25,29)/t17?,18-,20?,21?,22?,23?/m0/s1. The Morgan fingerprint density at radius 3 is 2.45 bits per heavy atom. The number of urea groups is 1. The largest absolute Gasteiger partial charge is 0.393 e. The molecule has 0 aliphatic heterocycles. The molecule has 5 unspecified atom stereocenters. The van der Waals surface area contributed by atoms with Crippen LogP contribution in [-0.4, -0.2) is 48.3 Å². The van der Waals surface area contributed by atoms with Crippen LogP contribution in [0.1, 0.15) is 69.3 Å². The average Bonchev–Trinajstić information content (AvgIpc) is 3.18. The maximum Gasteiger partial charge on any atom is 0.315 e. The summed E-state index contributed by atoms with van der Waals surface area (Å²) in [5.74, 6) is 1.56. The highest BCUT2D eigenvalue weighted by Crippen LogP contribution is 2.45. The lowest BCUT2D eigenvalue weighted by Crippen LogP contribution is -2.55. The number of rotatable bonds is 4. The van der Waals surface area contributed by atoms with Gasteiger partial charge in [-0.3, -0.25) is 0 Å². The summed E-state index contributed by atoms with van der Waals surface area (Å²) in [6.07, 6.45) is 9.23. The molecule has 1 aromatic rings. The van der Waals surface area contributed by atoms with E-state index in [4.69, 9.17) is 5.73 Å². The number of benzene rings is 1. The minimum atomic E-state index is -0.260. The van der Waals surface area contributed by atoms with Gasteiger partial charge in [-0.15, -0.1) is 0 Å². The van der Waals surface area contributed by atoms with Gasteiger partial charge in [0.05, 0.1) is 6.10 Å². The summed E-state index contributed by atoms with van der Waals surface area (Å²) in [5, 5.41) is 10.3. The monoisotopic (exact) mass is 399 g/mol. The zero-order valence-corrected chi connectivity index (χ0v) is 18.0. The zero-order chi connectivity index (χ0) is 20.5. The average molecular weight is 400 g/mol. The van der Waals surface area contributed by atoms with Crippen LogP contribution in [0.15, 0.2) is 24.3 Å². The molecule has 2 amide bonds. The van der Waals surface area contributed by atoms with E-state index in [-0.39, 0.29) is 24.2 Å². The molecule has 5 heteroatoms. The van der Waals surface area contributed by atoms with Gasteiger partial charge in [0.2, 0.25) is 0 Å². The second kappa shape index (κ2) is 8.55. The predicted molar refractivity (Wildman–Crippen MR) is 117 cm³/mol. The number of carbonyl (C=O) groups is 1. The van der Waals surface area contributed by atoms with E-state index in [9.17, 15) is 9.90 Å². The molecule has 0 spiro atoms. The van der Waals surface area contributed by atoms with Crippen LogP contribution in [0.4, 0.5) is 10.5 Å². The van der Waals surface area contributed by atoms with Crippen molar-refractivity contribution in [2.24, 2.45) is 17.6 Å². The minimum Gasteiger partial charge on any atom is -0.393 e. The molecule has 0 aromatic heterocycles. The van der Waals surface area contributed by atoms with Gasteiger partial charge in [0.15, 0.2) is 0 Å². The molecule has 3 aliphatic rings. The number of hydrogen-bond donors (Lipinski definition) is 2. The van der Waals surface area contributed by atoms with Crippen LogP contribution >= 0.6 is 0 Å². The Bertz CT molecular complexity index is 705. The van der Waals surface area contributed by atoms with Crippen molar-refractivity contribution in [3.05, 3.63) is 29.8 Å². The van der Waals surface area contributed by atoms with Gasteiger partial charge >= 0.3 is 6.03 Å². The Morgan fingerprint density at radius 1 is 1.00 bits per heavy atom. The first kappa shape index (κ1) is 20.5. The van der Waals surface area contributed by atoms with Crippen LogP contribution < -0.4 is 10.6 Å². The van der Waals surface area contributed by atoms with Crippen LogP contribution in [-0.2, 0) is 0 Å². The first-order valence-electron chi connectivity index (χ1n) is 11.5. The van der Waals surface area contributed by atoms with Gasteiger partial charge < -0.3 is 20.6 Å². The molecule has 3 aliphatic carbocycles. The molecule has 5 nitrogen and oxygen atoms in total. The number of anilines is 1. The van der Waals surface area contributed by atoms with Crippen molar-refractivity contribution in [3.8, 4) is 0 Å². The zero-order valence-electron chi connectivity index (χ0n) is 18.0. The molecule has 4 rings (SSSR count). The van der Waals surface area contributed by atoms with Gasteiger partial charge in [0.1, 0.15) is 0 Å². The SMILES string of the molecule is CN(C)c1ccc([C@H]2CCC(N(C(N)=O)C3CCCC4CCC(O)CC43)C2)cc1. The number of aliphatic hydroxyl groups excluding tert-OH is 1. The van der Waals surface area contributed by atoms with E-state index in [1.165, 1.54) is 24.1 Å². The number of aliphatic hydroxyl groups is 1. The van der Waals surface area contributed by atoms with E-state index in [0.717, 1.165) is 44.9 Å². The Labute approximate surface area is 175 Å². The summed E-state index contributed by atoms with van der Waals surface area (Å²) in [4.78, 5) is 16.7. The Kier molecular flexibility index (Phi) is 6.05. The first-order chi connectivity index (χ1) is 13.9. The highest BCUT2D eigenvalue weighted by molar-refractivity contribution is 5.73. The summed E-state index contributed by atoms with van der Waals surface area (Å²) in [6.45, 7) is 0. The maximum absolute atomic E-state index is 12.6. The maximum atomic E-state index is 12.6. The topological polar surface area (TPSA) is 69.8 Å². The number of primary amides is 1. The van der Waals surface area contributed by atoms with Gasteiger partial charge in [-0.05, 0) is 80.4 Å². The van der Waals surface area contributed by atoms with Gasteiger partial charge in [-0.2, -0.15) is 0 Å². The minimum absolute atomic E-state index is 0.209. The summed E-state index contributed by atoms with van der Waals surface area (Å²) in [6, 6.07) is 9.03. The second-order valence-corrected chi connectivity index (χ2v) is 9.78. The molecule has 0 radical (unpaired) electrons. The van der Waals surface area contributed by atoms with Gasteiger partial charge in [-0.1, -0.05) is 25.0 Å². The molecule has 1 aromatic carbocycles. The van der Waals surface area contributed by atoms with E-state index in [1.54, 1.807) is 0 Å². The van der Waals surface area contributed by atoms with Crippen LogP contribution in [0.5, 0.6) is 0 Å². The van der Waals surface area contributed by atoms with E-state index in [1.807, 2.05) is 4.90 Å². The first-order valence-corrected chi connectivity index (χ1v) is 11.5. The number of amides is 2. The van der Waals surface area contributed by atoms with Crippen molar-refractivity contribution < 1.29 is 9.90 Å². The molecule has 0 heterocycles. The highest BCUT2D eigenvalue weighted by Gasteiger charge is 2.44. The number of hydrogen-bond acceptors (Lipinski definition) is 3. The van der Waals surface area contributed by atoms with Gasteiger partial charge in [-0.25, -0.2) is 4.79 Å². The van der Waals surface area contributed by atoms with E-state index >= 15 is 0 Å². The quantitative estimate of drug-likeness (QED) is 0.801. The molecule has 3 saturated carbocycles. The molecule has 3 N–H and O–H groups in total. The van der Waals surface area contributed by atoms with Crippen molar-refractivity contribution in [2.75, 3.05) is 19.0 Å². The second-order valence-electron chi connectivity index (χ2n) is 9.78. The normalized spacial score (nSPS) is 34.4. The fraction of sp³-hybridized carbons (Fsp3) is 0.708. The summed E-state index contributed by atoms with van der Waals surface area (Å²) in [5.41, 5.74) is 8.55. The van der Waals surface area contributed by atoms with E-state index in [0.29, 0.717) is 17.8 Å². The fourth-order valence-corrected chi connectivity index (χ4v) is 6.40.